The van der Waals surface area contributed by atoms with Crippen LogP contribution in [0.4, 0.5) is 0 Å². The van der Waals surface area contributed by atoms with Crippen molar-refractivity contribution in [3.05, 3.63) is 0 Å². The first-order valence-electron chi connectivity index (χ1n) is 5.79. The minimum atomic E-state index is 0.352. The highest BCUT2D eigenvalue weighted by molar-refractivity contribution is 4.84. The number of ether oxygens (including phenoxy) is 1. The molecular weight excluding hydrogens is 176 g/mol. The lowest BCUT2D eigenvalue weighted by Gasteiger charge is -2.22. The number of hydrogen-bond acceptors (Lipinski definition) is 3. The van der Waals surface area contributed by atoms with Gasteiger partial charge in [-0.05, 0) is 46.2 Å². The van der Waals surface area contributed by atoms with Gasteiger partial charge in [-0.3, -0.25) is 4.90 Å². The van der Waals surface area contributed by atoms with Crippen molar-refractivity contribution in [2.75, 3.05) is 26.2 Å². The van der Waals surface area contributed by atoms with E-state index in [1.807, 2.05) is 0 Å². The monoisotopic (exact) mass is 200 g/mol. The maximum atomic E-state index is 5.56. The molecule has 0 spiro atoms. The van der Waals surface area contributed by atoms with Crippen molar-refractivity contribution in [2.24, 2.45) is 5.73 Å². The van der Waals surface area contributed by atoms with Gasteiger partial charge in [0.25, 0.3) is 0 Å². The summed E-state index contributed by atoms with van der Waals surface area (Å²) in [6.07, 6.45) is 4.20. The fourth-order valence-electron chi connectivity index (χ4n) is 1.62. The van der Waals surface area contributed by atoms with E-state index in [0.717, 1.165) is 38.7 Å². The molecule has 0 radical (unpaired) electrons. The van der Waals surface area contributed by atoms with Gasteiger partial charge in [-0.2, -0.15) is 0 Å². The maximum absolute atomic E-state index is 5.56. The highest BCUT2D eigenvalue weighted by Crippen LogP contribution is 2.26. The fraction of sp³-hybridized carbons (Fsp3) is 1.00. The Kier molecular flexibility index (Phi) is 5.45. The Labute approximate surface area is 87.6 Å². The molecule has 1 aliphatic carbocycles. The molecule has 3 nitrogen and oxygen atoms in total. The van der Waals surface area contributed by atoms with Crippen LogP contribution in [0, 0.1) is 0 Å². The lowest BCUT2D eigenvalue weighted by Crippen LogP contribution is -2.32. The second-order valence-corrected chi connectivity index (χ2v) is 4.33. The molecule has 0 heterocycles. The molecule has 0 aromatic heterocycles. The van der Waals surface area contributed by atoms with E-state index in [4.69, 9.17) is 10.5 Å². The molecule has 1 aliphatic rings. The summed E-state index contributed by atoms with van der Waals surface area (Å²) in [4.78, 5) is 2.52. The van der Waals surface area contributed by atoms with Crippen LogP contribution in [0.15, 0.2) is 0 Å². The minimum Gasteiger partial charge on any atom is -0.377 e. The third-order valence-electron chi connectivity index (χ3n) is 2.54. The number of nitrogens with two attached hydrogens (primary N) is 1. The van der Waals surface area contributed by atoms with E-state index in [-0.39, 0.29) is 0 Å². The van der Waals surface area contributed by atoms with Crippen LogP contribution in [-0.4, -0.2) is 43.3 Å². The van der Waals surface area contributed by atoms with Gasteiger partial charge >= 0.3 is 0 Å². The van der Waals surface area contributed by atoms with Gasteiger partial charge in [-0.1, -0.05) is 0 Å². The Balaban J connectivity index is 2.08. The molecule has 0 unspecified atom stereocenters. The average Bonchev–Trinajstić information content (AvgIpc) is 2.93. The average molecular weight is 200 g/mol. The quantitative estimate of drug-likeness (QED) is 0.640. The van der Waals surface area contributed by atoms with Crippen LogP contribution in [0.1, 0.15) is 33.1 Å². The third-order valence-corrected chi connectivity index (χ3v) is 2.54. The molecule has 3 heteroatoms. The zero-order valence-electron chi connectivity index (χ0n) is 9.54. The van der Waals surface area contributed by atoms with Gasteiger partial charge < -0.3 is 10.5 Å². The molecule has 0 saturated heterocycles. The van der Waals surface area contributed by atoms with E-state index in [9.17, 15) is 0 Å². The lowest BCUT2D eigenvalue weighted by molar-refractivity contribution is 0.0571. The summed E-state index contributed by atoms with van der Waals surface area (Å²) in [6.45, 7) is 8.04. The van der Waals surface area contributed by atoms with Crippen LogP contribution in [0.3, 0.4) is 0 Å². The second-order valence-electron chi connectivity index (χ2n) is 4.33. The zero-order valence-corrected chi connectivity index (χ0v) is 9.54. The van der Waals surface area contributed by atoms with E-state index in [0.29, 0.717) is 6.10 Å². The molecule has 1 saturated carbocycles. The summed E-state index contributed by atoms with van der Waals surface area (Å²) in [5.41, 5.74) is 5.52. The van der Waals surface area contributed by atoms with Crippen molar-refractivity contribution < 1.29 is 4.74 Å². The minimum absolute atomic E-state index is 0.352. The topological polar surface area (TPSA) is 38.5 Å². The maximum Gasteiger partial charge on any atom is 0.0597 e. The van der Waals surface area contributed by atoms with E-state index < -0.39 is 0 Å². The van der Waals surface area contributed by atoms with Gasteiger partial charge in [0.05, 0.1) is 12.7 Å². The molecule has 2 N–H and O–H groups in total. The highest BCUT2D eigenvalue weighted by Gasteiger charge is 2.27. The molecule has 0 atom stereocenters. The lowest BCUT2D eigenvalue weighted by atomic mass is 10.3. The van der Waals surface area contributed by atoms with Crippen LogP contribution in [0.5, 0.6) is 0 Å². The first kappa shape index (κ1) is 12.0. The molecule has 0 aromatic rings. The molecule has 0 aliphatic heterocycles. The van der Waals surface area contributed by atoms with E-state index in [2.05, 4.69) is 18.7 Å². The van der Waals surface area contributed by atoms with Gasteiger partial charge in [0.2, 0.25) is 0 Å². The van der Waals surface area contributed by atoms with Gasteiger partial charge in [-0.15, -0.1) is 0 Å². The third kappa shape index (κ3) is 4.94. The molecular formula is C11H24N2O. The normalized spacial score (nSPS) is 16.9. The zero-order chi connectivity index (χ0) is 10.4. The number of nitrogens with zero attached hydrogens (tertiary/aromatic N) is 1. The summed E-state index contributed by atoms with van der Waals surface area (Å²) >= 11 is 0. The first-order chi connectivity index (χ1) is 6.74. The van der Waals surface area contributed by atoms with Gasteiger partial charge in [0, 0.05) is 12.6 Å². The van der Waals surface area contributed by atoms with Crippen LogP contribution >= 0.6 is 0 Å². The second kappa shape index (κ2) is 6.38. The summed E-state index contributed by atoms with van der Waals surface area (Å²) in [7, 11) is 0. The molecule has 84 valence electrons. The summed E-state index contributed by atoms with van der Waals surface area (Å²) < 4.78 is 5.56. The Bertz CT molecular complexity index is 146. The van der Waals surface area contributed by atoms with Crippen LogP contribution in [-0.2, 0) is 4.74 Å². The highest BCUT2D eigenvalue weighted by atomic mass is 16.5. The molecule has 0 bridgehead atoms. The standard InChI is InChI=1S/C11H24N2O/c1-10(2)14-9-8-13(7-3-6-12)11-4-5-11/h10-11H,3-9,12H2,1-2H3. The van der Waals surface area contributed by atoms with E-state index >= 15 is 0 Å². The molecule has 1 fully saturated rings. The number of rotatable bonds is 8. The van der Waals surface area contributed by atoms with Gasteiger partial charge in [0.1, 0.15) is 0 Å². The van der Waals surface area contributed by atoms with E-state index in [1.165, 1.54) is 12.8 Å². The van der Waals surface area contributed by atoms with Crippen LogP contribution < -0.4 is 5.73 Å². The predicted octanol–water partition coefficient (Wildman–Crippen LogP) is 1.22. The number of hydrogen-bond donors (Lipinski definition) is 1. The SMILES string of the molecule is CC(C)OCCN(CCCN)C1CC1. The van der Waals surface area contributed by atoms with Gasteiger partial charge in [-0.25, -0.2) is 0 Å². The molecule has 0 aromatic carbocycles. The van der Waals surface area contributed by atoms with Crippen molar-refractivity contribution in [2.45, 2.75) is 45.3 Å². The van der Waals surface area contributed by atoms with Crippen molar-refractivity contribution in [1.29, 1.82) is 0 Å². The Morgan fingerprint density at radius 3 is 2.57 bits per heavy atom. The molecule has 14 heavy (non-hydrogen) atoms. The summed E-state index contributed by atoms with van der Waals surface area (Å²) in [5, 5.41) is 0. The summed E-state index contributed by atoms with van der Waals surface area (Å²) in [5.74, 6) is 0. The largest absolute Gasteiger partial charge is 0.377 e. The van der Waals surface area contributed by atoms with Crippen molar-refractivity contribution in [3.63, 3.8) is 0 Å². The van der Waals surface area contributed by atoms with Crippen molar-refractivity contribution in [1.82, 2.24) is 4.90 Å². The van der Waals surface area contributed by atoms with E-state index in [1.54, 1.807) is 0 Å². The van der Waals surface area contributed by atoms with Crippen molar-refractivity contribution in [3.8, 4) is 0 Å². The van der Waals surface area contributed by atoms with Crippen LogP contribution in [0.25, 0.3) is 0 Å². The summed E-state index contributed by atoms with van der Waals surface area (Å²) in [6, 6.07) is 0.831. The Hall–Kier alpha value is -0.120. The van der Waals surface area contributed by atoms with Crippen LogP contribution in [0.2, 0.25) is 0 Å². The fourth-order valence-corrected chi connectivity index (χ4v) is 1.62. The molecule has 0 amide bonds. The first-order valence-corrected chi connectivity index (χ1v) is 5.79. The Morgan fingerprint density at radius 2 is 2.07 bits per heavy atom. The smallest absolute Gasteiger partial charge is 0.0597 e. The van der Waals surface area contributed by atoms with Crippen molar-refractivity contribution >= 4 is 0 Å². The molecule has 1 rings (SSSR count). The predicted molar refractivity (Wildman–Crippen MR) is 59.4 cm³/mol. The Morgan fingerprint density at radius 1 is 1.36 bits per heavy atom. The van der Waals surface area contributed by atoms with Gasteiger partial charge in [0.15, 0.2) is 0 Å².